The van der Waals surface area contributed by atoms with Crippen molar-refractivity contribution in [1.82, 2.24) is 5.32 Å². The van der Waals surface area contributed by atoms with Gasteiger partial charge in [0.15, 0.2) is 5.22 Å². The highest BCUT2D eigenvalue weighted by Crippen LogP contribution is 2.29. The summed E-state index contributed by atoms with van der Waals surface area (Å²) < 4.78 is 24.6. The van der Waals surface area contributed by atoms with Gasteiger partial charge in [-0.1, -0.05) is 13.0 Å². The molecule has 0 aliphatic rings. The van der Waals surface area contributed by atoms with Crippen LogP contribution in [0.25, 0.3) is 0 Å². The number of ether oxygens (including phenoxy) is 1. The van der Waals surface area contributed by atoms with Crippen LogP contribution in [0.15, 0.2) is 34.7 Å². The molecule has 5 heteroatoms. The van der Waals surface area contributed by atoms with Crippen molar-refractivity contribution in [3.8, 4) is 5.75 Å². The number of methoxy groups -OCH3 is 1. The molecule has 1 N–H and O–H groups in total. The van der Waals surface area contributed by atoms with E-state index in [9.17, 15) is 4.39 Å². The number of nitrogens with one attached hydrogen (secondary N) is 1. The lowest BCUT2D eigenvalue weighted by Gasteiger charge is -2.18. The van der Waals surface area contributed by atoms with Gasteiger partial charge in [0.2, 0.25) is 0 Å². The van der Waals surface area contributed by atoms with E-state index in [0.717, 1.165) is 13.0 Å². The second kappa shape index (κ2) is 6.77. The number of hydrogen-bond donors (Lipinski definition) is 1. The normalized spacial score (nSPS) is 12.4. The second-order valence-electron chi connectivity index (χ2n) is 4.42. The first-order valence-electron chi connectivity index (χ1n) is 6.47. The number of rotatable bonds is 6. The van der Waals surface area contributed by atoms with Crippen LogP contribution in [0.5, 0.6) is 5.75 Å². The lowest BCUT2D eigenvalue weighted by atomic mass is 10.0. The molecule has 1 unspecified atom stereocenters. The van der Waals surface area contributed by atoms with Gasteiger partial charge in [0.1, 0.15) is 17.3 Å². The van der Waals surface area contributed by atoms with Crippen LogP contribution in [0.2, 0.25) is 5.22 Å². The van der Waals surface area contributed by atoms with E-state index in [1.165, 1.54) is 13.2 Å². The lowest BCUT2D eigenvalue weighted by Crippen LogP contribution is -2.23. The Balaban J connectivity index is 2.35. The summed E-state index contributed by atoms with van der Waals surface area (Å²) in [5, 5.41) is 3.55. The van der Waals surface area contributed by atoms with E-state index in [-0.39, 0.29) is 17.1 Å². The highest BCUT2D eigenvalue weighted by atomic mass is 35.5. The summed E-state index contributed by atoms with van der Waals surface area (Å²) in [4.78, 5) is 0. The molecule has 3 nitrogen and oxygen atoms in total. The minimum Gasteiger partial charge on any atom is -0.497 e. The zero-order valence-corrected chi connectivity index (χ0v) is 12.2. The Morgan fingerprint density at radius 2 is 2.15 bits per heavy atom. The van der Waals surface area contributed by atoms with E-state index in [4.69, 9.17) is 20.8 Å². The van der Waals surface area contributed by atoms with Crippen LogP contribution >= 0.6 is 11.6 Å². The van der Waals surface area contributed by atoms with Crippen molar-refractivity contribution < 1.29 is 13.5 Å². The predicted molar refractivity (Wildman–Crippen MR) is 76.8 cm³/mol. The van der Waals surface area contributed by atoms with Crippen LogP contribution in [0.1, 0.15) is 30.7 Å². The Kier molecular flexibility index (Phi) is 5.04. The Hall–Kier alpha value is -1.52. The van der Waals surface area contributed by atoms with Gasteiger partial charge in [-0.05, 0) is 42.8 Å². The smallest absolute Gasteiger partial charge is 0.193 e. The molecular weight excluding hydrogens is 281 g/mol. The third-order valence-electron chi connectivity index (χ3n) is 3.00. The minimum absolute atomic E-state index is 0.289. The Bertz CT molecular complexity index is 571. The topological polar surface area (TPSA) is 34.4 Å². The van der Waals surface area contributed by atoms with Crippen molar-refractivity contribution in [3.05, 3.63) is 52.7 Å². The van der Waals surface area contributed by atoms with Gasteiger partial charge in [0.05, 0.1) is 13.2 Å². The zero-order chi connectivity index (χ0) is 14.5. The molecule has 0 bridgehead atoms. The van der Waals surface area contributed by atoms with Gasteiger partial charge in [0, 0.05) is 11.6 Å². The molecule has 0 spiro atoms. The molecule has 0 aliphatic heterocycles. The predicted octanol–water partition coefficient (Wildman–Crippen LogP) is 4.17. The third-order valence-corrected chi connectivity index (χ3v) is 3.20. The summed E-state index contributed by atoms with van der Waals surface area (Å²) in [6.07, 6.45) is 0.933. The van der Waals surface area contributed by atoms with Gasteiger partial charge >= 0.3 is 0 Å². The molecule has 1 aromatic heterocycles. The maximum Gasteiger partial charge on any atom is 0.193 e. The molecule has 1 aromatic carbocycles. The number of furan rings is 1. The second-order valence-corrected chi connectivity index (χ2v) is 4.79. The first-order chi connectivity index (χ1) is 9.65. The van der Waals surface area contributed by atoms with E-state index in [1.807, 2.05) is 6.92 Å². The summed E-state index contributed by atoms with van der Waals surface area (Å²) in [5.41, 5.74) is 0.505. The summed E-state index contributed by atoms with van der Waals surface area (Å²) in [7, 11) is 1.51. The molecule has 2 rings (SSSR count). The molecule has 0 radical (unpaired) electrons. The molecule has 108 valence electrons. The summed E-state index contributed by atoms with van der Waals surface area (Å²) >= 11 is 5.81. The van der Waals surface area contributed by atoms with Crippen LogP contribution in [0.3, 0.4) is 0 Å². The van der Waals surface area contributed by atoms with Crippen molar-refractivity contribution in [3.63, 3.8) is 0 Å². The standard InChI is InChI=1S/C15H17ClFNO2/c1-3-8-18-15(13-6-7-14(16)20-13)11-5-4-10(19-2)9-12(11)17/h4-7,9,15,18H,3,8H2,1-2H3. The fourth-order valence-electron chi connectivity index (χ4n) is 2.00. The molecule has 0 amide bonds. The quantitative estimate of drug-likeness (QED) is 0.869. The maximum absolute atomic E-state index is 14.2. The van der Waals surface area contributed by atoms with Gasteiger partial charge in [-0.25, -0.2) is 4.39 Å². The monoisotopic (exact) mass is 297 g/mol. The fraction of sp³-hybridized carbons (Fsp3) is 0.333. The number of hydrogen-bond acceptors (Lipinski definition) is 3. The molecule has 1 atom stereocenters. The Morgan fingerprint density at radius 3 is 2.70 bits per heavy atom. The number of benzene rings is 1. The van der Waals surface area contributed by atoms with Crippen molar-refractivity contribution in [2.75, 3.05) is 13.7 Å². The van der Waals surface area contributed by atoms with Gasteiger partial charge in [-0.3, -0.25) is 0 Å². The fourth-order valence-corrected chi connectivity index (χ4v) is 2.16. The molecule has 2 aromatic rings. The van der Waals surface area contributed by atoms with E-state index in [0.29, 0.717) is 17.1 Å². The highest BCUT2D eigenvalue weighted by molar-refractivity contribution is 6.28. The molecule has 0 saturated carbocycles. The number of halogens is 2. The Morgan fingerprint density at radius 1 is 1.35 bits per heavy atom. The van der Waals surface area contributed by atoms with Crippen LogP contribution < -0.4 is 10.1 Å². The average molecular weight is 298 g/mol. The van der Waals surface area contributed by atoms with Gasteiger partial charge in [-0.15, -0.1) is 0 Å². The first kappa shape index (κ1) is 14.9. The Labute approximate surface area is 122 Å². The van der Waals surface area contributed by atoms with Crippen LogP contribution in [-0.4, -0.2) is 13.7 Å². The summed E-state index contributed by atoms with van der Waals surface area (Å²) in [6.45, 7) is 2.79. The van der Waals surface area contributed by atoms with E-state index < -0.39 is 0 Å². The summed E-state index contributed by atoms with van der Waals surface area (Å²) in [6, 6.07) is 7.81. The third kappa shape index (κ3) is 3.32. The van der Waals surface area contributed by atoms with Crippen molar-refractivity contribution in [2.24, 2.45) is 0 Å². The van der Waals surface area contributed by atoms with Crippen molar-refractivity contribution >= 4 is 11.6 Å². The van der Waals surface area contributed by atoms with Crippen molar-refractivity contribution in [1.29, 1.82) is 0 Å². The maximum atomic E-state index is 14.2. The zero-order valence-electron chi connectivity index (χ0n) is 11.5. The lowest BCUT2D eigenvalue weighted by molar-refractivity contribution is 0.407. The molecule has 1 heterocycles. The SMILES string of the molecule is CCCNC(c1ccc(Cl)o1)c1ccc(OC)cc1F. The largest absolute Gasteiger partial charge is 0.497 e. The minimum atomic E-state index is -0.367. The van der Waals surface area contributed by atoms with Gasteiger partial charge in [0.25, 0.3) is 0 Å². The van der Waals surface area contributed by atoms with Gasteiger partial charge < -0.3 is 14.5 Å². The molecule has 0 saturated heterocycles. The van der Waals surface area contributed by atoms with Crippen LogP contribution in [0.4, 0.5) is 4.39 Å². The van der Waals surface area contributed by atoms with E-state index >= 15 is 0 Å². The summed E-state index contributed by atoms with van der Waals surface area (Å²) in [5.74, 6) is 0.732. The van der Waals surface area contributed by atoms with E-state index in [1.54, 1.807) is 24.3 Å². The van der Waals surface area contributed by atoms with Crippen LogP contribution in [-0.2, 0) is 0 Å². The molecule has 0 aliphatic carbocycles. The molecule has 0 fully saturated rings. The average Bonchev–Trinajstić information content (AvgIpc) is 2.87. The van der Waals surface area contributed by atoms with Crippen LogP contribution in [0, 0.1) is 5.82 Å². The molecular formula is C15H17ClFNO2. The molecule has 20 heavy (non-hydrogen) atoms. The highest BCUT2D eigenvalue weighted by Gasteiger charge is 2.21. The first-order valence-corrected chi connectivity index (χ1v) is 6.85. The van der Waals surface area contributed by atoms with E-state index in [2.05, 4.69) is 5.32 Å². The van der Waals surface area contributed by atoms with Crippen molar-refractivity contribution in [2.45, 2.75) is 19.4 Å². The van der Waals surface area contributed by atoms with Gasteiger partial charge in [-0.2, -0.15) is 0 Å².